The summed E-state index contributed by atoms with van der Waals surface area (Å²) in [6, 6.07) is 9.37. The van der Waals surface area contributed by atoms with E-state index < -0.39 is 12.1 Å². The first-order valence-electron chi connectivity index (χ1n) is 9.29. The number of nitrogens with zero attached hydrogens (tertiary/aromatic N) is 1. The SMILES string of the molecule is COc1cc2c3c(c1OC)-c1ccccc1[C@H](OC(C)=O)[C@H]3N(C(C)=O)CC2. The molecule has 2 aromatic rings. The maximum absolute atomic E-state index is 12.5. The third-order valence-electron chi connectivity index (χ3n) is 5.57. The second-order valence-electron chi connectivity index (χ2n) is 7.08. The summed E-state index contributed by atoms with van der Waals surface area (Å²) in [6.07, 6.45) is 0.135. The Labute approximate surface area is 164 Å². The minimum Gasteiger partial charge on any atom is -0.493 e. The van der Waals surface area contributed by atoms with Crippen molar-refractivity contribution in [3.05, 3.63) is 47.0 Å². The minimum atomic E-state index is -0.567. The van der Waals surface area contributed by atoms with Crippen LogP contribution in [0.25, 0.3) is 11.1 Å². The Bertz CT molecular complexity index is 968. The van der Waals surface area contributed by atoms with E-state index in [0.717, 1.165) is 27.8 Å². The number of amides is 1. The smallest absolute Gasteiger partial charge is 0.303 e. The van der Waals surface area contributed by atoms with Crippen LogP contribution in [-0.4, -0.2) is 37.5 Å². The monoisotopic (exact) mass is 381 g/mol. The molecule has 0 fully saturated rings. The van der Waals surface area contributed by atoms with Crippen LogP contribution in [0.15, 0.2) is 30.3 Å². The number of hydrogen-bond donors (Lipinski definition) is 0. The molecule has 1 amide bonds. The normalized spacial score (nSPS) is 19.4. The average molecular weight is 381 g/mol. The van der Waals surface area contributed by atoms with Gasteiger partial charge in [-0.05, 0) is 29.2 Å². The van der Waals surface area contributed by atoms with Gasteiger partial charge in [0.2, 0.25) is 5.91 Å². The Morgan fingerprint density at radius 2 is 1.86 bits per heavy atom. The van der Waals surface area contributed by atoms with Crippen LogP contribution in [0.5, 0.6) is 11.5 Å². The van der Waals surface area contributed by atoms with E-state index in [1.54, 1.807) is 26.0 Å². The summed E-state index contributed by atoms with van der Waals surface area (Å²) in [5, 5.41) is 0. The number of carbonyl (C=O) groups is 2. The maximum Gasteiger partial charge on any atom is 0.303 e. The largest absolute Gasteiger partial charge is 0.493 e. The van der Waals surface area contributed by atoms with Crippen molar-refractivity contribution in [2.75, 3.05) is 20.8 Å². The van der Waals surface area contributed by atoms with Gasteiger partial charge in [0.1, 0.15) is 0 Å². The quantitative estimate of drug-likeness (QED) is 0.762. The van der Waals surface area contributed by atoms with Crippen molar-refractivity contribution < 1.29 is 23.8 Å². The third-order valence-corrected chi connectivity index (χ3v) is 5.57. The molecule has 2 aliphatic rings. The van der Waals surface area contributed by atoms with Gasteiger partial charge in [-0.3, -0.25) is 9.59 Å². The molecule has 6 nitrogen and oxygen atoms in total. The summed E-state index contributed by atoms with van der Waals surface area (Å²) in [4.78, 5) is 26.2. The fourth-order valence-electron chi connectivity index (χ4n) is 4.53. The summed E-state index contributed by atoms with van der Waals surface area (Å²) < 4.78 is 17.1. The molecule has 0 radical (unpaired) electrons. The highest BCUT2D eigenvalue weighted by Gasteiger charge is 2.45. The summed E-state index contributed by atoms with van der Waals surface area (Å²) >= 11 is 0. The van der Waals surface area contributed by atoms with Crippen molar-refractivity contribution in [1.82, 2.24) is 4.90 Å². The van der Waals surface area contributed by atoms with Crippen molar-refractivity contribution >= 4 is 11.9 Å². The molecular weight excluding hydrogens is 358 g/mol. The minimum absolute atomic E-state index is 0.0482. The lowest BCUT2D eigenvalue weighted by molar-refractivity contribution is -0.155. The lowest BCUT2D eigenvalue weighted by Crippen LogP contribution is -2.44. The van der Waals surface area contributed by atoms with E-state index >= 15 is 0 Å². The second kappa shape index (κ2) is 6.86. The Kier molecular flexibility index (Phi) is 4.49. The van der Waals surface area contributed by atoms with Crippen molar-refractivity contribution in [2.45, 2.75) is 32.4 Å². The molecule has 0 aromatic heterocycles. The number of benzene rings is 2. The molecule has 6 heteroatoms. The highest BCUT2D eigenvalue weighted by molar-refractivity contribution is 5.86. The molecule has 1 aliphatic heterocycles. The highest BCUT2D eigenvalue weighted by Crippen LogP contribution is 2.56. The molecule has 0 saturated carbocycles. The molecule has 0 bridgehead atoms. The molecule has 1 heterocycles. The lowest BCUT2D eigenvalue weighted by Gasteiger charge is -2.45. The molecule has 146 valence electrons. The molecular formula is C22H23NO5. The van der Waals surface area contributed by atoms with Gasteiger partial charge in [0.25, 0.3) is 0 Å². The first kappa shape index (κ1) is 18.3. The van der Waals surface area contributed by atoms with Gasteiger partial charge in [0.05, 0.1) is 20.3 Å². The van der Waals surface area contributed by atoms with E-state index in [4.69, 9.17) is 14.2 Å². The van der Waals surface area contributed by atoms with Gasteiger partial charge < -0.3 is 19.1 Å². The van der Waals surface area contributed by atoms with E-state index in [-0.39, 0.29) is 11.9 Å². The van der Waals surface area contributed by atoms with Crippen LogP contribution in [-0.2, 0) is 20.7 Å². The third kappa shape index (κ3) is 2.63. The van der Waals surface area contributed by atoms with Gasteiger partial charge in [0.15, 0.2) is 17.6 Å². The summed E-state index contributed by atoms with van der Waals surface area (Å²) in [6.45, 7) is 3.51. The van der Waals surface area contributed by atoms with Crippen LogP contribution in [0.3, 0.4) is 0 Å². The highest BCUT2D eigenvalue weighted by atomic mass is 16.5. The second-order valence-corrected chi connectivity index (χ2v) is 7.08. The zero-order valence-corrected chi connectivity index (χ0v) is 16.4. The number of ether oxygens (including phenoxy) is 3. The average Bonchev–Trinajstić information content (AvgIpc) is 2.69. The number of rotatable bonds is 3. The number of fused-ring (bicyclic) bond motifs is 2. The Morgan fingerprint density at radius 1 is 1.11 bits per heavy atom. The molecule has 0 N–H and O–H groups in total. The van der Waals surface area contributed by atoms with Crippen molar-refractivity contribution in [2.24, 2.45) is 0 Å². The first-order valence-corrected chi connectivity index (χ1v) is 9.29. The van der Waals surface area contributed by atoms with Gasteiger partial charge in [0, 0.05) is 31.5 Å². The fraction of sp³-hybridized carbons (Fsp3) is 0.364. The Morgan fingerprint density at radius 3 is 2.50 bits per heavy atom. The van der Waals surface area contributed by atoms with Crippen LogP contribution in [0, 0.1) is 0 Å². The van der Waals surface area contributed by atoms with Crippen molar-refractivity contribution in [1.29, 1.82) is 0 Å². The molecule has 2 aromatic carbocycles. The summed E-state index contributed by atoms with van der Waals surface area (Å²) in [5.41, 5.74) is 4.76. The van der Waals surface area contributed by atoms with Crippen LogP contribution >= 0.6 is 0 Å². The number of hydrogen-bond acceptors (Lipinski definition) is 5. The summed E-state index contributed by atoms with van der Waals surface area (Å²) in [7, 11) is 3.23. The van der Waals surface area contributed by atoms with Gasteiger partial charge in [-0.1, -0.05) is 24.3 Å². The maximum atomic E-state index is 12.5. The first-order chi connectivity index (χ1) is 13.5. The Hall–Kier alpha value is -3.02. The van der Waals surface area contributed by atoms with E-state index in [1.807, 2.05) is 30.3 Å². The van der Waals surface area contributed by atoms with Crippen molar-refractivity contribution in [3.8, 4) is 22.6 Å². The van der Waals surface area contributed by atoms with Crippen LogP contribution in [0.1, 0.15) is 42.7 Å². The molecule has 2 atom stereocenters. The van der Waals surface area contributed by atoms with E-state index in [9.17, 15) is 9.59 Å². The van der Waals surface area contributed by atoms with Crippen LogP contribution in [0.4, 0.5) is 0 Å². The zero-order valence-electron chi connectivity index (χ0n) is 16.4. The van der Waals surface area contributed by atoms with Crippen LogP contribution in [0.2, 0.25) is 0 Å². The fourth-order valence-corrected chi connectivity index (χ4v) is 4.53. The summed E-state index contributed by atoms with van der Waals surface area (Å²) in [5.74, 6) is 0.865. The molecule has 28 heavy (non-hydrogen) atoms. The van der Waals surface area contributed by atoms with Gasteiger partial charge in [-0.25, -0.2) is 0 Å². The van der Waals surface area contributed by atoms with Crippen LogP contribution < -0.4 is 9.47 Å². The van der Waals surface area contributed by atoms with Gasteiger partial charge >= 0.3 is 5.97 Å². The molecule has 0 unspecified atom stereocenters. The number of esters is 1. The van der Waals surface area contributed by atoms with E-state index in [0.29, 0.717) is 24.5 Å². The standard InChI is InChI=1S/C22H23NO5/c1-12(24)23-10-9-14-11-17(26-3)22(27-4)19-15-7-5-6-8-16(15)21(28-13(2)25)20(23)18(14)19/h5-8,11,20-21H,9-10H2,1-4H3/t20-,21-/m0/s1. The zero-order chi connectivity index (χ0) is 20.0. The topological polar surface area (TPSA) is 65.1 Å². The van der Waals surface area contributed by atoms with Gasteiger partial charge in [-0.15, -0.1) is 0 Å². The Balaban J connectivity index is 2.08. The van der Waals surface area contributed by atoms with E-state index in [1.165, 1.54) is 6.92 Å². The molecule has 0 saturated heterocycles. The molecule has 0 spiro atoms. The molecule has 1 aliphatic carbocycles. The predicted octanol–water partition coefficient (Wildman–Crippen LogP) is 3.43. The van der Waals surface area contributed by atoms with Crippen molar-refractivity contribution in [3.63, 3.8) is 0 Å². The molecule has 4 rings (SSSR count). The number of methoxy groups -OCH3 is 2. The number of carbonyl (C=O) groups excluding carboxylic acids is 2. The van der Waals surface area contributed by atoms with Gasteiger partial charge in [-0.2, -0.15) is 0 Å². The lowest BCUT2D eigenvalue weighted by atomic mass is 9.74. The van der Waals surface area contributed by atoms with E-state index in [2.05, 4.69) is 0 Å². The predicted molar refractivity (Wildman–Crippen MR) is 103 cm³/mol.